The van der Waals surface area contributed by atoms with Gasteiger partial charge < -0.3 is 41.7 Å². The predicted molar refractivity (Wildman–Crippen MR) is 146 cm³/mol. The summed E-state index contributed by atoms with van der Waals surface area (Å²) in [4.78, 5) is 41.0. The van der Waals surface area contributed by atoms with E-state index in [1.54, 1.807) is 37.3 Å². The van der Waals surface area contributed by atoms with E-state index < -0.39 is 42.3 Å². The van der Waals surface area contributed by atoms with Gasteiger partial charge in [-0.15, -0.1) is 0 Å². The molecule has 0 saturated heterocycles. The number of para-hydroxylation sites is 1. The lowest BCUT2D eigenvalue weighted by Crippen LogP contribution is -2.55. The zero-order valence-electron chi connectivity index (χ0n) is 21.7. The minimum absolute atomic E-state index is 0.135. The number of β-amino-alcohol motifs (C(OH)–C–C–N with tert-alkyl or cyclic N) is 1. The van der Waals surface area contributed by atoms with Gasteiger partial charge >= 0.3 is 5.97 Å². The number of anilines is 2. The molecule has 2 aliphatic heterocycles. The molecule has 0 saturated carbocycles. The lowest BCUT2D eigenvalue weighted by atomic mass is 10.0. The number of phenols is 1. The van der Waals surface area contributed by atoms with E-state index in [2.05, 4.69) is 36.9 Å². The average molecular weight is 556 g/mol. The first-order valence-corrected chi connectivity index (χ1v) is 12.7. The van der Waals surface area contributed by atoms with Crippen molar-refractivity contribution in [1.82, 2.24) is 21.3 Å². The van der Waals surface area contributed by atoms with Crippen molar-refractivity contribution in [3.8, 4) is 5.75 Å². The maximum atomic E-state index is 12.7. The minimum atomic E-state index is -1.32. The Morgan fingerprint density at radius 2 is 1.98 bits per heavy atom. The number of nitrogens with zero attached hydrogens (tertiary/aromatic N) is 1. The van der Waals surface area contributed by atoms with Crippen molar-refractivity contribution in [3.05, 3.63) is 53.6 Å². The number of hydrogen-bond acceptors (Lipinski definition) is 12. The van der Waals surface area contributed by atoms with E-state index in [9.17, 15) is 34.8 Å². The van der Waals surface area contributed by atoms with Gasteiger partial charge in [-0.1, -0.05) is 12.1 Å². The highest BCUT2D eigenvalue weighted by Gasteiger charge is 2.35. The number of aliphatic hydroxyl groups is 2. The number of phenolic OH excluding ortho intramolecular Hbond substituents is 1. The van der Waals surface area contributed by atoms with Crippen molar-refractivity contribution >= 4 is 35.0 Å². The van der Waals surface area contributed by atoms with Gasteiger partial charge in [-0.25, -0.2) is 0 Å². The van der Waals surface area contributed by atoms with Crippen LogP contribution < -0.4 is 31.9 Å². The van der Waals surface area contributed by atoms with Crippen LogP contribution in [0.3, 0.4) is 0 Å². The molecule has 5 atom stereocenters. The van der Waals surface area contributed by atoms with Gasteiger partial charge in [0.25, 0.3) is 0 Å². The van der Waals surface area contributed by atoms with Crippen LogP contribution in [0.15, 0.2) is 47.5 Å². The SMILES string of the molecule is CC(NC(CNC(=O)CNC(O)c1cc(O)cc(NC2=NCC(O)CN2)c1)C(=O)O)C1Nc2ccccc2C1=O. The van der Waals surface area contributed by atoms with Crippen molar-refractivity contribution in [2.45, 2.75) is 37.4 Å². The van der Waals surface area contributed by atoms with Crippen molar-refractivity contribution in [2.24, 2.45) is 4.99 Å². The number of carbonyl (C=O) groups excluding carboxylic acids is 2. The second-order valence-electron chi connectivity index (χ2n) is 9.63. The lowest BCUT2D eigenvalue weighted by Gasteiger charge is -2.25. The van der Waals surface area contributed by atoms with Crippen LogP contribution in [0.1, 0.15) is 29.1 Å². The number of nitrogens with one attached hydrogen (secondary N) is 6. The maximum Gasteiger partial charge on any atom is 0.322 e. The minimum Gasteiger partial charge on any atom is -0.508 e. The fraction of sp³-hybridized carbons (Fsp3) is 0.385. The molecule has 0 aliphatic carbocycles. The summed E-state index contributed by atoms with van der Waals surface area (Å²) in [6.45, 7) is 1.63. The summed E-state index contributed by atoms with van der Waals surface area (Å²) in [5, 5.41) is 56.7. The molecule has 0 bridgehead atoms. The molecular weight excluding hydrogens is 522 g/mol. The third-order valence-corrected chi connectivity index (χ3v) is 6.49. The largest absolute Gasteiger partial charge is 0.508 e. The molecule has 10 N–H and O–H groups in total. The van der Waals surface area contributed by atoms with Gasteiger partial charge in [-0.2, -0.15) is 0 Å². The number of aliphatic carboxylic acids is 1. The first-order valence-electron chi connectivity index (χ1n) is 12.7. The highest BCUT2D eigenvalue weighted by atomic mass is 16.4. The number of guanidine groups is 1. The highest BCUT2D eigenvalue weighted by molar-refractivity contribution is 6.10. The fourth-order valence-electron chi connectivity index (χ4n) is 4.41. The Morgan fingerprint density at radius 1 is 1.20 bits per heavy atom. The van der Waals surface area contributed by atoms with E-state index in [0.717, 1.165) is 0 Å². The van der Waals surface area contributed by atoms with Crippen molar-refractivity contribution in [2.75, 3.05) is 36.8 Å². The van der Waals surface area contributed by atoms with Gasteiger partial charge in [0, 0.05) is 47.7 Å². The molecule has 0 radical (unpaired) electrons. The van der Waals surface area contributed by atoms with Gasteiger partial charge in [0.2, 0.25) is 5.91 Å². The summed E-state index contributed by atoms with van der Waals surface area (Å²) < 4.78 is 0. The van der Waals surface area contributed by atoms with Gasteiger partial charge in [-0.3, -0.25) is 30.0 Å². The number of benzene rings is 2. The van der Waals surface area contributed by atoms with E-state index in [-0.39, 0.29) is 36.7 Å². The highest BCUT2D eigenvalue weighted by Crippen LogP contribution is 2.27. The number of ketones is 1. The van der Waals surface area contributed by atoms with Crippen LogP contribution in [0, 0.1) is 0 Å². The molecule has 2 aromatic carbocycles. The molecule has 0 fully saturated rings. The molecule has 0 aromatic heterocycles. The Bertz CT molecular complexity index is 1290. The number of aliphatic imine (C=N–C) groups is 1. The molecule has 4 rings (SSSR count). The lowest BCUT2D eigenvalue weighted by molar-refractivity contribution is -0.139. The standard InChI is InChI=1S/C26H33N7O7/c1-13(22-23(37)18-4-2-3-5-19(18)33-22)31-20(25(39)40)11-27-21(36)12-28-24(38)14-6-15(8-16(34)7-14)32-26-29-9-17(35)10-30-26/h2-8,13,17,20,22,24,28,31,33-35,38H,9-12H2,1H3,(H,27,36)(H,39,40)(H2,29,30,32). The van der Waals surface area contributed by atoms with E-state index in [1.807, 2.05) is 0 Å². The topological polar surface area (TPSA) is 217 Å². The Morgan fingerprint density at radius 3 is 2.67 bits per heavy atom. The van der Waals surface area contributed by atoms with E-state index in [4.69, 9.17) is 0 Å². The summed E-state index contributed by atoms with van der Waals surface area (Å²) in [6, 6.07) is 8.96. The van der Waals surface area contributed by atoms with E-state index in [0.29, 0.717) is 29.4 Å². The van der Waals surface area contributed by atoms with E-state index in [1.165, 1.54) is 12.1 Å². The number of aromatic hydroxyl groups is 1. The van der Waals surface area contributed by atoms with Crippen LogP contribution in [0.2, 0.25) is 0 Å². The Labute approximate surface area is 229 Å². The second kappa shape index (κ2) is 12.7. The summed E-state index contributed by atoms with van der Waals surface area (Å²) in [7, 11) is 0. The quantitative estimate of drug-likeness (QED) is 0.150. The number of fused-ring (bicyclic) bond motifs is 1. The number of amides is 1. The normalized spacial score (nSPS) is 20.3. The maximum absolute atomic E-state index is 12.7. The van der Waals surface area contributed by atoms with Gasteiger partial charge in [0.15, 0.2) is 11.7 Å². The molecule has 2 heterocycles. The molecule has 2 aromatic rings. The van der Waals surface area contributed by atoms with Gasteiger partial charge in [0.05, 0.1) is 19.2 Å². The first kappa shape index (κ1) is 28.8. The van der Waals surface area contributed by atoms with Crippen LogP contribution >= 0.6 is 0 Å². The zero-order valence-corrected chi connectivity index (χ0v) is 21.7. The van der Waals surface area contributed by atoms with Crippen molar-refractivity contribution in [3.63, 3.8) is 0 Å². The Hall–Kier alpha value is -4.24. The van der Waals surface area contributed by atoms with Crippen LogP contribution in [0.4, 0.5) is 11.4 Å². The van der Waals surface area contributed by atoms with Gasteiger partial charge in [0.1, 0.15) is 24.1 Å². The first-order chi connectivity index (χ1) is 19.1. The number of aliphatic hydroxyl groups excluding tert-OH is 2. The monoisotopic (exact) mass is 555 g/mol. The summed E-state index contributed by atoms with van der Waals surface area (Å²) in [6.07, 6.45) is -1.91. The summed E-state index contributed by atoms with van der Waals surface area (Å²) >= 11 is 0. The number of carboxylic acid groups (broad SMARTS) is 1. The Balaban J connectivity index is 1.26. The molecule has 14 nitrogen and oxygen atoms in total. The fourth-order valence-corrected chi connectivity index (χ4v) is 4.41. The third kappa shape index (κ3) is 7.24. The predicted octanol–water partition coefficient (Wildman–Crippen LogP) is -1.07. The smallest absolute Gasteiger partial charge is 0.322 e. The second-order valence-corrected chi connectivity index (χ2v) is 9.63. The molecule has 14 heteroatoms. The molecule has 2 aliphatic rings. The van der Waals surface area contributed by atoms with Crippen LogP contribution in [-0.4, -0.2) is 94.5 Å². The number of carboxylic acids is 1. The molecule has 1 amide bonds. The third-order valence-electron chi connectivity index (χ3n) is 6.49. The average Bonchev–Trinajstić information content (AvgIpc) is 3.27. The molecule has 40 heavy (non-hydrogen) atoms. The molecule has 0 spiro atoms. The van der Waals surface area contributed by atoms with Crippen LogP contribution in [-0.2, 0) is 9.59 Å². The van der Waals surface area contributed by atoms with Crippen molar-refractivity contribution < 1.29 is 34.8 Å². The summed E-state index contributed by atoms with van der Waals surface area (Å²) in [5.74, 6) is -1.65. The van der Waals surface area contributed by atoms with Crippen LogP contribution in [0.5, 0.6) is 5.75 Å². The Kier molecular flexibility index (Phi) is 9.16. The molecule has 5 unspecified atom stereocenters. The van der Waals surface area contributed by atoms with Crippen LogP contribution in [0.25, 0.3) is 0 Å². The zero-order chi connectivity index (χ0) is 28.8. The number of Topliss-reactive ketones (excluding diaryl/α,β-unsaturated/α-hetero) is 1. The van der Waals surface area contributed by atoms with E-state index >= 15 is 0 Å². The number of carbonyl (C=O) groups is 3. The van der Waals surface area contributed by atoms with Crippen molar-refractivity contribution in [1.29, 1.82) is 0 Å². The molecular formula is C26H33N7O7. The number of hydrogen-bond donors (Lipinski definition) is 10. The molecule has 214 valence electrons. The summed E-state index contributed by atoms with van der Waals surface area (Å²) in [5.41, 5.74) is 1.91. The number of rotatable bonds is 11. The van der Waals surface area contributed by atoms with Gasteiger partial charge in [-0.05, 0) is 31.2 Å².